The van der Waals surface area contributed by atoms with Crippen LogP contribution in [0.3, 0.4) is 0 Å². The van der Waals surface area contributed by atoms with Gasteiger partial charge in [0.15, 0.2) is 5.82 Å². The lowest BCUT2D eigenvalue weighted by Gasteiger charge is -2.35. The summed E-state index contributed by atoms with van der Waals surface area (Å²) in [5, 5.41) is 0.974. The Morgan fingerprint density at radius 1 is 1.34 bits per heavy atom. The number of anilines is 1. The van der Waals surface area contributed by atoms with E-state index in [2.05, 4.69) is 27.7 Å². The molecule has 0 radical (unpaired) electrons. The zero-order chi connectivity index (χ0) is 20.2. The minimum absolute atomic E-state index is 0.213. The van der Waals surface area contributed by atoms with Gasteiger partial charge in [-0.3, -0.25) is 4.21 Å². The maximum Gasteiger partial charge on any atom is 0.162 e. The highest BCUT2D eigenvalue weighted by atomic mass is 32.2. The summed E-state index contributed by atoms with van der Waals surface area (Å²) in [7, 11) is -2.29. The van der Waals surface area contributed by atoms with Gasteiger partial charge in [-0.25, -0.2) is 15.0 Å². The van der Waals surface area contributed by atoms with Gasteiger partial charge in [0.2, 0.25) is 0 Å². The lowest BCUT2D eigenvalue weighted by Crippen LogP contribution is -2.44. The average Bonchev–Trinajstić information content (AvgIpc) is 3.39. The minimum atomic E-state index is -2.29. The number of pyridine rings is 1. The summed E-state index contributed by atoms with van der Waals surface area (Å²) in [6.45, 7) is 4.23. The fourth-order valence-electron chi connectivity index (χ4n) is 4.18. The van der Waals surface area contributed by atoms with Crippen molar-refractivity contribution in [1.29, 1.82) is 0 Å². The van der Waals surface area contributed by atoms with Gasteiger partial charge in [0, 0.05) is 42.2 Å². The summed E-state index contributed by atoms with van der Waals surface area (Å²) < 4.78 is 18.2. The molecule has 1 saturated heterocycles. The number of nitrogens with zero attached hydrogens (tertiary/aromatic N) is 4. The number of ether oxygens (including phenoxy) is 1. The Morgan fingerprint density at radius 2 is 2.17 bits per heavy atom. The van der Waals surface area contributed by atoms with E-state index in [1.54, 1.807) is 12.5 Å². The van der Waals surface area contributed by atoms with Crippen LogP contribution >= 0.6 is 0 Å². The van der Waals surface area contributed by atoms with E-state index in [9.17, 15) is 4.21 Å². The molecule has 1 aliphatic carbocycles. The second-order valence-electron chi connectivity index (χ2n) is 8.15. The molecule has 152 valence electrons. The van der Waals surface area contributed by atoms with Crippen LogP contribution in [0.5, 0.6) is 0 Å². The van der Waals surface area contributed by atoms with Crippen LogP contribution in [0.4, 0.5) is 5.82 Å². The first-order valence-electron chi connectivity index (χ1n) is 9.87. The van der Waals surface area contributed by atoms with Crippen molar-refractivity contribution in [1.82, 2.24) is 19.9 Å². The Kier molecular flexibility index (Phi) is 4.18. The molecule has 1 N–H and O–H groups in total. The Morgan fingerprint density at radius 3 is 2.90 bits per heavy atom. The zero-order valence-electron chi connectivity index (χ0n) is 16.7. The fraction of sp³-hybridized carbons (Fsp3) is 0.429. The number of hydrogen-bond donors (Lipinski definition) is 1. The van der Waals surface area contributed by atoms with Gasteiger partial charge < -0.3 is 14.6 Å². The molecule has 2 fully saturated rings. The molecule has 0 amide bonds. The van der Waals surface area contributed by atoms with Gasteiger partial charge in [-0.1, -0.05) is 0 Å². The van der Waals surface area contributed by atoms with E-state index in [4.69, 9.17) is 14.7 Å². The summed E-state index contributed by atoms with van der Waals surface area (Å²) >= 11 is 0. The first kappa shape index (κ1) is 18.6. The maximum absolute atomic E-state index is 13.0. The van der Waals surface area contributed by atoms with Crippen molar-refractivity contribution < 1.29 is 8.95 Å². The highest BCUT2D eigenvalue weighted by molar-refractivity contribution is 8.00. The Hall–Kier alpha value is -2.45. The predicted molar refractivity (Wildman–Crippen MR) is 117 cm³/mol. The topological polar surface area (TPSA) is 84.0 Å². The first-order valence-corrected chi connectivity index (χ1v) is 12.0. The SMILES string of the molecule is C=S(C)(=O)C1(c2cc(N3CCOC[C@H]3C)nc(-c3ccnc4[nH]ccc34)n2)CC1. The van der Waals surface area contributed by atoms with Gasteiger partial charge in [0.25, 0.3) is 0 Å². The molecule has 29 heavy (non-hydrogen) atoms. The molecule has 1 unspecified atom stereocenters. The lowest BCUT2D eigenvalue weighted by atomic mass is 10.1. The quantitative estimate of drug-likeness (QED) is 0.665. The number of fused-ring (bicyclic) bond motifs is 1. The summed E-state index contributed by atoms with van der Waals surface area (Å²) in [5.41, 5.74) is 2.55. The van der Waals surface area contributed by atoms with Crippen LogP contribution in [-0.4, -0.2) is 62.1 Å². The second-order valence-corrected chi connectivity index (χ2v) is 10.9. The average molecular weight is 412 g/mol. The molecular formula is C21H25N5O2S. The number of aromatic amines is 1. The van der Waals surface area contributed by atoms with Crippen LogP contribution in [0, 0.1) is 0 Å². The Labute approximate surface area is 170 Å². The second kappa shape index (κ2) is 6.53. The van der Waals surface area contributed by atoms with Gasteiger partial charge >= 0.3 is 0 Å². The molecule has 8 heteroatoms. The summed E-state index contributed by atoms with van der Waals surface area (Å²) in [6, 6.07) is 6.16. The van der Waals surface area contributed by atoms with Gasteiger partial charge in [0.1, 0.15) is 11.5 Å². The van der Waals surface area contributed by atoms with E-state index >= 15 is 0 Å². The van der Waals surface area contributed by atoms with Crippen molar-refractivity contribution in [3.05, 3.63) is 36.3 Å². The first-order chi connectivity index (χ1) is 13.9. The van der Waals surface area contributed by atoms with Crippen LogP contribution < -0.4 is 4.90 Å². The standard InChI is InChI=1S/C21H25N5O2S/c1-14-13-28-11-10-26(14)18-12-17(21(6-7-21)29(2,3)27)24-20(25-18)16-5-9-23-19-15(16)4-8-22-19/h4-5,8-9,12,14H,2,6-7,10-11,13H2,1,3H3,(H,22,23)/t14-,29?/m1/s1. The normalized spacial score (nSPS) is 23.1. The third-order valence-electron chi connectivity index (χ3n) is 6.07. The minimum Gasteiger partial charge on any atom is -0.377 e. The molecule has 3 aromatic rings. The third-order valence-corrected chi connectivity index (χ3v) is 8.34. The molecule has 5 rings (SSSR count). The number of H-pyrrole nitrogens is 1. The maximum atomic E-state index is 13.0. The van der Waals surface area contributed by atoms with Gasteiger partial charge in [-0.2, -0.15) is 0 Å². The number of morpholine rings is 1. The molecule has 3 aromatic heterocycles. The molecule has 2 atom stereocenters. The summed E-state index contributed by atoms with van der Waals surface area (Å²) in [5.74, 6) is 5.50. The molecule has 0 bridgehead atoms. The highest BCUT2D eigenvalue weighted by Gasteiger charge is 2.51. The molecule has 4 heterocycles. The Balaban J connectivity index is 1.72. The van der Waals surface area contributed by atoms with E-state index in [-0.39, 0.29) is 6.04 Å². The highest BCUT2D eigenvalue weighted by Crippen LogP contribution is 2.52. The summed E-state index contributed by atoms with van der Waals surface area (Å²) in [6.07, 6.45) is 7.06. The number of hydrogen-bond acceptors (Lipinski definition) is 6. The van der Waals surface area contributed by atoms with Crippen LogP contribution in [0.1, 0.15) is 25.5 Å². The van der Waals surface area contributed by atoms with Crippen molar-refractivity contribution >= 4 is 32.2 Å². The predicted octanol–water partition coefficient (Wildman–Crippen LogP) is 2.58. The number of aromatic nitrogens is 4. The van der Waals surface area contributed by atoms with Crippen LogP contribution in [-0.2, 0) is 19.0 Å². The van der Waals surface area contributed by atoms with Gasteiger partial charge in [-0.05, 0) is 47.3 Å². The molecule has 0 aromatic carbocycles. The van der Waals surface area contributed by atoms with Crippen molar-refractivity contribution in [2.45, 2.75) is 30.6 Å². The third kappa shape index (κ3) is 3.02. The smallest absolute Gasteiger partial charge is 0.162 e. The van der Waals surface area contributed by atoms with E-state index in [1.807, 2.05) is 24.4 Å². The zero-order valence-corrected chi connectivity index (χ0v) is 17.5. The lowest BCUT2D eigenvalue weighted by molar-refractivity contribution is 0.0985. The van der Waals surface area contributed by atoms with Crippen molar-refractivity contribution in [2.24, 2.45) is 0 Å². The van der Waals surface area contributed by atoms with E-state index in [1.165, 1.54) is 0 Å². The van der Waals surface area contributed by atoms with Gasteiger partial charge in [0.05, 0.1) is 29.7 Å². The summed E-state index contributed by atoms with van der Waals surface area (Å²) in [4.78, 5) is 19.6. The molecule has 0 spiro atoms. The van der Waals surface area contributed by atoms with E-state index < -0.39 is 14.3 Å². The van der Waals surface area contributed by atoms with E-state index in [0.29, 0.717) is 19.0 Å². The molecule has 7 nitrogen and oxygen atoms in total. The van der Waals surface area contributed by atoms with Crippen molar-refractivity contribution in [2.75, 3.05) is 30.9 Å². The monoisotopic (exact) mass is 411 g/mol. The van der Waals surface area contributed by atoms with E-state index in [0.717, 1.165) is 47.5 Å². The molecule has 2 aliphatic rings. The number of nitrogens with one attached hydrogen (secondary N) is 1. The molecule has 1 saturated carbocycles. The largest absolute Gasteiger partial charge is 0.377 e. The van der Waals surface area contributed by atoms with Crippen LogP contribution in [0.2, 0.25) is 0 Å². The Bertz CT molecular complexity index is 1180. The van der Waals surface area contributed by atoms with Gasteiger partial charge in [-0.15, -0.1) is 0 Å². The number of rotatable bonds is 4. The van der Waals surface area contributed by atoms with Crippen molar-refractivity contribution in [3.63, 3.8) is 0 Å². The molecule has 1 aliphatic heterocycles. The van der Waals surface area contributed by atoms with Crippen LogP contribution in [0.15, 0.2) is 30.6 Å². The fourth-order valence-corrected chi connectivity index (χ4v) is 5.69. The van der Waals surface area contributed by atoms with Crippen LogP contribution in [0.25, 0.3) is 22.4 Å². The molecular weight excluding hydrogens is 386 g/mol. The van der Waals surface area contributed by atoms with Crippen molar-refractivity contribution in [3.8, 4) is 11.4 Å².